The van der Waals surface area contributed by atoms with Gasteiger partial charge < -0.3 is 3.85 Å². The molecule has 2 aromatic rings. The Morgan fingerprint density at radius 2 is 2.00 bits per heavy atom. The van der Waals surface area contributed by atoms with Crippen LogP contribution in [0.3, 0.4) is 0 Å². The third-order valence-corrected chi connectivity index (χ3v) is 2.39. The molecular formula is C9H7NO2S. The molecule has 2 rings (SSSR count). The third-order valence-electron chi connectivity index (χ3n) is 1.68. The van der Waals surface area contributed by atoms with Crippen molar-refractivity contribution in [3.63, 3.8) is 0 Å². The topological polar surface area (TPSA) is 43.1 Å². The number of aromatic nitrogens is 1. The molecule has 0 N–H and O–H groups in total. The molecule has 0 spiro atoms. The first-order valence-corrected chi connectivity index (χ1v) is 4.54. The Bertz CT molecular complexity index is 455. The zero-order valence-corrected chi connectivity index (χ0v) is 7.80. The molecule has 0 fully saturated rings. The quantitative estimate of drug-likeness (QED) is 0.696. The summed E-state index contributed by atoms with van der Waals surface area (Å²) in [7, 11) is 0. The van der Waals surface area contributed by atoms with E-state index in [1.807, 2.05) is 31.2 Å². The number of hydrogen-bond donors (Lipinski definition) is 0. The van der Waals surface area contributed by atoms with Crippen LogP contribution in [0.1, 0.15) is 5.56 Å². The van der Waals surface area contributed by atoms with E-state index in [0.717, 1.165) is 17.2 Å². The fourth-order valence-corrected chi connectivity index (χ4v) is 1.54. The Balaban J connectivity index is 2.47. The molecule has 4 heteroatoms. The molecule has 0 radical (unpaired) electrons. The van der Waals surface area contributed by atoms with Gasteiger partial charge in [-0.05, 0) is 6.92 Å². The van der Waals surface area contributed by atoms with Gasteiger partial charge in [0.1, 0.15) is 0 Å². The molecule has 0 aliphatic heterocycles. The monoisotopic (exact) mass is 193 g/mol. The van der Waals surface area contributed by atoms with Crippen molar-refractivity contribution in [3.8, 4) is 10.6 Å². The van der Waals surface area contributed by atoms with E-state index in [0.29, 0.717) is 5.01 Å². The third kappa shape index (κ3) is 1.67. The van der Waals surface area contributed by atoms with E-state index in [1.54, 1.807) is 0 Å². The molecule has 3 nitrogen and oxygen atoms in total. The highest BCUT2D eigenvalue weighted by Gasteiger charge is 2.03. The van der Waals surface area contributed by atoms with E-state index in [-0.39, 0.29) is 0 Å². The Morgan fingerprint density at radius 3 is 2.54 bits per heavy atom. The fourth-order valence-electron chi connectivity index (χ4n) is 1.00. The summed E-state index contributed by atoms with van der Waals surface area (Å²) in [5, 5.41) is 0.630. The highest BCUT2D eigenvalue weighted by molar-refractivity contribution is 7.06. The first-order chi connectivity index (χ1) is 6.25. The van der Waals surface area contributed by atoms with Gasteiger partial charge >= 0.3 is 5.76 Å². The van der Waals surface area contributed by atoms with Gasteiger partial charge in [-0.3, -0.25) is 0 Å². The highest BCUT2D eigenvalue weighted by Crippen LogP contribution is 2.19. The lowest BCUT2D eigenvalue weighted by molar-refractivity contribution is 0.618. The van der Waals surface area contributed by atoms with Gasteiger partial charge in [0.15, 0.2) is 5.01 Å². The van der Waals surface area contributed by atoms with Gasteiger partial charge in [-0.2, -0.15) is 4.98 Å². The van der Waals surface area contributed by atoms with E-state index in [4.69, 9.17) is 0 Å². The van der Waals surface area contributed by atoms with Crippen LogP contribution in [-0.2, 0) is 0 Å². The number of nitrogens with zero attached hydrogens (tertiary/aromatic N) is 1. The molecule has 0 saturated heterocycles. The van der Waals surface area contributed by atoms with Crippen molar-refractivity contribution in [3.05, 3.63) is 40.4 Å². The summed E-state index contributed by atoms with van der Waals surface area (Å²) in [4.78, 5) is 14.4. The fraction of sp³-hybridized carbons (Fsp3) is 0.111. The van der Waals surface area contributed by atoms with Gasteiger partial charge in [-0.25, -0.2) is 4.79 Å². The Hall–Kier alpha value is -1.42. The Kier molecular flexibility index (Phi) is 1.98. The first kappa shape index (κ1) is 8.19. The van der Waals surface area contributed by atoms with Crippen LogP contribution in [0.5, 0.6) is 0 Å². The van der Waals surface area contributed by atoms with Crippen molar-refractivity contribution in [2.24, 2.45) is 0 Å². The van der Waals surface area contributed by atoms with Crippen molar-refractivity contribution in [2.75, 3.05) is 0 Å². The minimum absolute atomic E-state index is 0.527. The van der Waals surface area contributed by atoms with E-state index >= 15 is 0 Å². The predicted octanol–water partition coefficient (Wildman–Crippen LogP) is 2.07. The molecule has 0 bridgehead atoms. The van der Waals surface area contributed by atoms with Gasteiger partial charge in [0.05, 0.1) is 11.6 Å². The predicted molar refractivity (Wildman–Crippen MR) is 50.8 cm³/mol. The van der Waals surface area contributed by atoms with Crippen molar-refractivity contribution >= 4 is 11.6 Å². The summed E-state index contributed by atoms with van der Waals surface area (Å²) in [6, 6.07) is 7.79. The maximum absolute atomic E-state index is 10.7. The molecule has 0 aliphatic carbocycles. The second-order valence-corrected chi connectivity index (χ2v) is 3.44. The first-order valence-electron chi connectivity index (χ1n) is 3.80. The summed E-state index contributed by atoms with van der Waals surface area (Å²) in [5.41, 5.74) is 2.10. The largest absolute Gasteiger partial charge is 0.451 e. The van der Waals surface area contributed by atoms with Crippen LogP contribution in [0.2, 0.25) is 0 Å². The van der Waals surface area contributed by atoms with E-state index in [2.05, 4.69) is 8.83 Å². The molecule has 0 aliphatic rings. The molecule has 0 amide bonds. The lowest BCUT2D eigenvalue weighted by atomic mass is 10.2. The minimum Gasteiger partial charge on any atom is -0.345 e. The molecule has 13 heavy (non-hydrogen) atoms. The summed E-state index contributed by atoms with van der Waals surface area (Å²) in [6.07, 6.45) is 0. The summed E-state index contributed by atoms with van der Waals surface area (Å²) in [6.45, 7) is 2.01. The maximum Gasteiger partial charge on any atom is 0.451 e. The molecule has 0 saturated carbocycles. The van der Waals surface area contributed by atoms with Crippen LogP contribution in [0, 0.1) is 6.92 Å². The molecule has 1 aromatic heterocycles. The molecular weight excluding hydrogens is 186 g/mol. The van der Waals surface area contributed by atoms with Gasteiger partial charge in [-0.1, -0.05) is 29.8 Å². The minimum atomic E-state index is -0.527. The van der Waals surface area contributed by atoms with Crippen molar-refractivity contribution in [1.29, 1.82) is 0 Å². The summed E-state index contributed by atoms with van der Waals surface area (Å²) < 4.78 is 4.62. The van der Waals surface area contributed by atoms with Crippen LogP contribution in [-0.4, -0.2) is 4.98 Å². The highest BCUT2D eigenvalue weighted by atomic mass is 32.1. The van der Waals surface area contributed by atoms with Crippen molar-refractivity contribution < 1.29 is 3.85 Å². The van der Waals surface area contributed by atoms with Crippen molar-refractivity contribution in [2.45, 2.75) is 6.92 Å². The van der Waals surface area contributed by atoms with Crippen LogP contribution >= 0.6 is 11.6 Å². The van der Waals surface area contributed by atoms with Crippen LogP contribution in [0.25, 0.3) is 10.6 Å². The molecule has 66 valence electrons. The summed E-state index contributed by atoms with van der Waals surface area (Å²) in [5.74, 6) is -0.527. The maximum atomic E-state index is 10.7. The van der Waals surface area contributed by atoms with Crippen LogP contribution in [0.4, 0.5) is 0 Å². The second kappa shape index (κ2) is 3.14. The standard InChI is InChI=1S/C9H7NO2S/c1-6-2-4-7(5-3-6)8-10-9(11)12-13-8/h2-5H,1H3. The molecule has 0 atom stereocenters. The van der Waals surface area contributed by atoms with Crippen molar-refractivity contribution in [1.82, 2.24) is 4.98 Å². The SMILES string of the molecule is Cc1ccc(-c2nc(=O)os2)cc1. The Morgan fingerprint density at radius 1 is 1.31 bits per heavy atom. The second-order valence-electron chi connectivity index (χ2n) is 2.72. The van der Waals surface area contributed by atoms with E-state index in [9.17, 15) is 4.79 Å². The van der Waals surface area contributed by atoms with Gasteiger partial charge in [0, 0.05) is 5.56 Å². The lowest BCUT2D eigenvalue weighted by Crippen LogP contribution is -1.94. The normalized spacial score (nSPS) is 10.2. The molecule has 1 aromatic carbocycles. The van der Waals surface area contributed by atoms with Gasteiger partial charge in [-0.15, -0.1) is 0 Å². The van der Waals surface area contributed by atoms with Crippen LogP contribution < -0.4 is 5.76 Å². The Labute approximate surface area is 78.9 Å². The van der Waals surface area contributed by atoms with Crippen LogP contribution in [0.15, 0.2) is 32.9 Å². The number of rotatable bonds is 1. The zero-order chi connectivity index (χ0) is 9.26. The van der Waals surface area contributed by atoms with Gasteiger partial charge in [0.2, 0.25) is 0 Å². The lowest BCUT2D eigenvalue weighted by Gasteiger charge is -1.93. The average Bonchev–Trinajstić information content (AvgIpc) is 2.53. The van der Waals surface area contributed by atoms with E-state index in [1.165, 1.54) is 5.56 Å². The number of hydrogen-bond acceptors (Lipinski definition) is 4. The molecule has 0 unspecified atom stereocenters. The molecule has 1 heterocycles. The van der Waals surface area contributed by atoms with Gasteiger partial charge in [0.25, 0.3) is 0 Å². The average molecular weight is 193 g/mol. The number of benzene rings is 1. The zero-order valence-electron chi connectivity index (χ0n) is 6.98. The summed E-state index contributed by atoms with van der Waals surface area (Å²) >= 11 is 1.01. The number of aryl methyl sites for hydroxylation is 1. The smallest absolute Gasteiger partial charge is 0.345 e. The van der Waals surface area contributed by atoms with E-state index < -0.39 is 5.76 Å².